The van der Waals surface area contributed by atoms with Crippen molar-refractivity contribution in [1.82, 2.24) is 10.2 Å². The fraction of sp³-hybridized carbons (Fsp3) is 0.900. The Bertz CT molecular complexity index is 371. The van der Waals surface area contributed by atoms with Gasteiger partial charge in [0, 0.05) is 13.1 Å². The van der Waals surface area contributed by atoms with Gasteiger partial charge in [0.1, 0.15) is 5.88 Å². The molecule has 1 aliphatic carbocycles. The van der Waals surface area contributed by atoms with Crippen molar-refractivity contribution in [3.05, 3.63) is 0 Å². The van der Waals surface area contributed by atoms with Crippen LogP contribution in [0, 0.1) is 11.3 Å². The number of nitrogens with one attached hydrogen (secondary N) is 1. The first-order valence-electron chi connectivity index (χ1n) is 5.84. The predicted molar refractivity (Wildman–Crippen MR) is 62.6 cm³/mol. The highest BCUT2D eigenvalue weighted by Gasteiger charge is 2.50. The molecule has 1 saturated carbocycles. The Labute approximate surface area is 102 Å². The molecule has 0 aromatic rings. The molecule has 1 unspecified atom stereocenters. The molecule has 2 N–H and O–H groups in total. The average molecular weight is 262 g/mol. The van der Waals surface area contributed by atoms with Crippen LogP contribution < -0.4 is 5.32 Å². The summed E-state index contributed by atoms with van der Waals surface area (Å²) >= 11 is 0. The molecule has 2 aliphatic rings. The highest BCUT2D eigenvalue weighted by atomic mass is 32.2. The molecule has 1 atom stereocenters. The normalized spacial score (nSPS) is 26.1. The third-order valence-corrected chi connectivity index (χ3v) is 4.52. The van der Waals surface area contributed by atoms with E-state index in [2.05, 4.69) is 5.32 Å². The van der Waals surface area contributed by atoms with Crippen LogP contribution in [0.15, 0.2) is 0 Å². The lowest BCUT2D eigenvalue weighted by atomic mass is 9.83. The molecule has 1 saturated heterocycles. The molecule has 1 heterocycles. The lowest BCUT2D eigenvalue weighted by molar-refractivity contribution is 0.124. The first-order valence-corrected chi connectivity index (χ1v) is 7.20. The lowest BCUT2D eigenvalue weighted by Gasteiger charge is -2.35. The van der Waals surface area contributed by atoms with E-state index in [0.717, 1.165) is 37.3 Å². The molecule has 0 bridgehead atoms. The number of carbonyl (C=O) groups is 1. The number of nitrogens with zero attached hydrogens (tertiary/aromatic N) is 1. The van der Waals surface area contributed by atoms with Gasteiger partial charge in [-0.25, -0.2) is 13.2 Å². The first-order chi connectivity index (χ1) is 8.03. The van der Waals surface area contributed by atoms with Gasteiger partial charge in [-0.05, 0) is 37.1 Å². The summed E-state index contributed by atoms with van der Waals surface area (Å²) in [6.45, 7) is 2.10. The quantitative estimate of drug-likeness (QED) is 0.617. The minimum atomic E-state index is -2.68. The molecule has 2 rings (SSSR count). The van der Waals surface area contributed by atoms with Gasteiger partial charge >= 0.3 is 6.09 Å². The van der Waals surface area contributed by atoms with Gasteiger partial charge in [-0.2, -0.15) is 0 Å². The van der Waals surface area contributed by atoms with Gasteiger partial charge in [0.05, 0.1) is 0 Å². The second-order valence-corrected chi connectivity index (χ2v) is 5.94. The summed E-state index contributed by atoms with van der Waals surface area (Å²) in [6, 6.07) is 0. The van der Waals surface area contributed by atoms with Gasteiger partial charge in [-0.1, -0.05) is 0 Å². The van der Waals surface area contributed by atoms with E-state index in [4.69, 9.17) is 5.11 Å². The van der Waals surface area contributed by atoms with Crippen LogP contribution in [0.3, 0.4) is 0 Å². The number of piperidine rings is 1. The molecule has 7 heteroatoms. The lowest BCUT2D eigenvalue weighted by Crippen LogP contribution is -2.46. The van der Waals surface area contributed by atoms with Crippen LogP contribution in [-0.4, -0.2) is 50.0 Å². The minimum absolute atomic E-state index is 0.252. The zero-order valence-corrected chi connectivity index (χ0v) is 10.5. The second-order valence-electron chi connectivity index (χ2n) is 4.99. The summed E-state index contributed by atoms with van der Waals surface area (Å²) in [5.41, 5.74) is 0.285. The molecule has 98 valence electrons. The third kappa shape index (κ3) is 2.90. The Morgan fingerprint density at radius 1 is 1.41 bits per heavy atom. The van der Waals surface area contributed by atoms with Gasteiger partial charge in [0.25, 0.3) is 0 Å². The molecule has 0 aromatic heterocycles. The Morgan fingerprint density at radius 2 is 2.12 bits per heavy atom. The first kappa shape index (κ1) is 12.6. The fourth-order valence-corrected chi connectivity index (χ4v) is 3.23. The Kier molecular flexibility index (Phi) is 3.58. The Hall–Kier alpha value is -0.820. The molecule has 17 heavy (non-hydrogen) atoms. The van der Waals surface area contributed by atoms with Crippen molar-refractivity contribution in [2.24, 2.45) is 11.3 Å². The van der Waals surface area contributed by atoms with E-state index in [-0.39, 0.29) is 11.3 Å². The zero-order valence-electron chi connectivity index (χ0n) is 9.59. The third-order valence-electron chi connectivity index (χ3n) is 3.95. The smallest absolute Gasteiger partial charge is 0.408 e. The maximum atomic E-state index is 11.0. The molecule has 2 fully saturated rings. The van der Waals surface area contributed by atoms with E-state index in [1.807, 2.05) is 0 Å². The van der Waals surface area contributed by atoms with Gasteiger partial charge in [-0.15, -0.1) is 0 Å². The maximum absolute atomic E-state index is 11.0. The van der Waals surface area contributed by atoms with Crippen molar-refractivity contribution in [1.29, 1.82) is 0 Å². The topological polar surface area (TPSA) is 86.7 Å². The summed E-state index contributed by atoms with van der Waals surface area (Å²) in [5, 5.41) is 12.2. The van der Waals surface area contributed by atoms with Crippen LogP contribution >= 0.6 is 0 Å². The van der Waals surface area contributed by atoms with E-state index >= 15 is 0 Å². The van der Waals surface area contributed by atoms with Crippen molar-refractivity contribution in [2.45, 2.75) is 19.3 Å². The number of hydrogen-bond donors (Lipinski definition) is 3. The minimum Gasteiger partial charge on any atom is -0.465 e. The Morgan fingerprint density at radius 3 is 2.65 bits per heavy atom. The summed E-state index contributed by atoms with van der Waals surface area (Å²) in [5.74, 6) is -0.139. The number of amides is 1. The van der Waals surface area contributed by atoms with Crippen molar-refractivity contribution in [3.8, 4) is 0 Å². The predicted octanol–water partition coefficient (Wildman–Crippen LogP) is -0.0750. The standard InChI is InChI=1S/C10H18N2O4S/c13-9(14)12(7-17(15)16)6-8-5-11-4-3-10(8)1-2-10/h8,11,17H,1-7H2,(H,13,14). The number of hydrogen-bond acceptors (Lipinski definition) is 4. The molecule has 1 amide bonds. The molecule has 0 aromatic carbocycles. The van der Waals surface area contributed by atoms with Crippen molar-refractivity contribution >= 4 is 16.8 Å². The van der Waals surface area contributed by atoms with Crippen LogP contribution in [0.4, 0.5) is 4.79 Å². The van der Waals surface area contributed by atoms with Gasteiger partial charge in [-0.3, -0.25) is 4.90 Å². The molecular weight excluding hydrogens is 244 g/mol. The zero-order chi connectivity index (χ0) is 12.5. The van der Waals surface area contributed by atoms with Crippen LogP contribution in [0.2, 0.25) is 0 Å². The van der Waals surface area contributed by atoms with Crippen molar-refractivity contribution < 1.29 is 18.3 Å². The van der Waals surface area contributed by atoms with Crippen LogP contribution in [-0.2, 0) is 10.7 Å². The molecule has 0 radical (unpaired) electrons. The molecule has 6 nitrogen and oxygen atoms in total. The molecular formula is C10H18N2O4S. The van der Waals surface area contributed by atoms with Crippen LogP contribution in [0.5, 0.6) is 0 Å². The van der Waals surface area contributed by atoms with Gasteiger partial charge < -0.3 is 10.4 Å². The highest BCUT2D eigenvalue weighted by Crippen LogP contribution is 2.55. The monoisotopic (exact) mass is 262 g/mol. The van der Waals surface area contributed by atoms with E-state index in [0.29, 0.717) is 6.54 Å². The van der Waals surface area contributed by atoms with E-state index in [1.54, 1.807) is 0 Å². The van der Waals surface area contributed by atoms with E-state index in [9.17, 15) is 13.2 Å². The summed E-state index contributed by atoms with van der Waals surface area (Å²) in [7, 11) is -2.68. The Balaban J connectivity index is 1.99. The van der Waals surface area contributed by atoms with Gasteiger partial charge in [0.2, 0.25) is 0 Å². The van der Waals surface area contributed by atoms with E-state index in [1.165, 1.54) is 0 Å². The van der Waals surface area contributed by atoms with E-state index < -0.39 is 22.7 Å². The van der Waals surface area contributed by atoms with Gasteiger partial charge in [0.15, 0.2) is 10.7 Å². The second kappa shape index (κ2) is 4.81. The summed E-state index contributed by atoms with van der Waals surface area (Å²) < 4.78 is 21.3. The maximum Gasteiger partial charge on any atom is 0.408 e. The SMILES string of the molecule is O=C(O)N(CC1CNCCC12CC2)C[SH](=O)=O. The van der Waals surface area contributed by atoms with Crippen LogP contribution in [0.25, 0.3) is 0 Å². The fourth-order valence-electron chi connectivity index (χ4n) is 2.71. The van der Waals surface area contributed by atoms with Crippen molar-refractivity contribution in [2.75, 3.05) is 25.5 Å². The van der Waals surface area contributed by atoms with Crippen LogP contribution in [0.1, 0.15) is 19.3 Å². The summed E-state index contributed by atoms with van der Waals surface area (Å²) in [4.78, 5) is 12.0. The highest BCUT2D eigenvalue weighted by molar-refractivity contribution is 7.72. The largest absolute Gasteiger partial charge is 0.465 e. The number of carboxylic acid groups (broad SMARTS) is 1. The average Bonchev–Trinajstić information content (AvgIpc) is 3.00. The van der Waals surface area contributed by atoms with Crippen molar-refractivity contribution in [3.63, 3.8) is 0 Å². The summed E-state index contributed by atoms with van der Waals surface area (Å²) in [6.07, 6.45) is 2.23. The molecule has 1 spiro atoms. The molecule has 1 aliphatic heterocycles. The number of rotatable bonds is 4. The number of thiol groups is 1.